The fraction of sp³-hybridized carbons (Fsp3) is 0.389. The quantitative estimate of drug-likeness (QED) is 0.833. The van der Waals surface area contributed by atoms with Gasteiger partial charge in [-0.05, 0) is 49.6 Å². The van der Waals surface area contributed by atoms with Crippen molar-refractivity contribution in [3.8, 4) is 5.75 Å². The van der Waals surface area contributed by atoms with Crippen molar-refractivity contribution in [2.24, 2.45) is 0 Å². The number of pyridine rings is 1. The maximum absolute atomic E-state index is 5.60. The summed E-state index contributed by atoms with van der Waals surface area (Å²) in [6, 6.07) is 12.7. The Morgan fingerprint density at radius 1 is 1.19 bits per heavy atom. The molecule has 0 aliphatic carbocycles. The summed E-state index contributed by atoms with van der Waals surface area (Å²) in [6.07, 6.45) is 2.87. The predicted molar refractivity (Wildman–Crippen MR) is 86.5 cm³/mol. The maximum atomic E-state index is 5.60. The van der Waals surface area contributed by atoms with Gasteiger partial charge in [0, 0.05) is 18.8 Å². The Kier molecular flexibility index (Phi) is 5.76. The van der Waals surface area contributed by atoms with Gasteiger partial charge in [0.05, 0.1) is 12.3 Å². The van der Waals surface area contributed by atoms with Gasteiger partial charge in [-0.3, -0.25) is 4.98 Å². The zero-order valence-electron chi connectivity index (χ0n) is 13.1. The smallest absolute Gasteiger partial charge is 0.119 e. The highest BCUT2D eigenvalue weighted by molar-refractivity contribution is 5.29. The zero-order valence-corrected chi connectivity index (χ0v) is 13.1. The van der Waals surface area contributed by atoms with Gasteiger partial charge in [0.2, 0.25) is 0 Å². The Hall–Kier alpha value is -1.87. The summed E-state index contributed by atoms with van der Waals surface area (Å²) in [5, 5.41) is 3.52. The summed E-state index contributed by atoms with van der Waals surface area (Å²) in [7, 11) is 0. The monoisotopic (exact) mass is 284 g/mol. The first-order valence-electron chi connectivity index (χ1n) is 7.57. The van der Waals surface area contributed by atoms with Gasteiger partial charge < -0.3 is 10.1 Å². The molecule has 0 saturated heterocycles. The molecule has 0 aliphatic heterocycles. The minimum atomic E-state index is 0.284. The molecular weight excluding hydrogens is 260 g/mol. The van der Waals surface area contributed by atoms with Gasteiger partial charge >= 0.3 is 0 Å². The van der Waals surface area contributed by atoms with Crippen molar-refractivity contribution < 1.29 is 4.74 Å². The van der Waals surface area contributed by atoms with Crippen molar-refractivity contribution >= 4 is 0 Å². The summed E-state index contributed by atoms with van der Waals surface area (Å²) >= 11 is 0. The SMILES string of the molecule is CCCOc1ccc(C(C)NCc2ncccc2C)cc1. The summed E-state index contributed by atoms with van der Waals surface area (Å²) < 4.78 is 5.60. The number of aromatic nitrogens is 1. The molecule has 1 aromatic heterocycles. The van der Waals surface area contributed by atoms with E-state index in [1.165, 1.54) is 11.1 Å². The molecule has 2 rings (SSSR count). The molecule has 2 aromatic rings. The standard InChI is InChI=1S/C18H24N2O/c1-4-12-21-17-9-7-16(8-10-17)15(3)20-13-18-14(2)6-5-11-19-18/h5-11,15,20H,4,12-13H2,1-3H3. The average Bonchev–Trinajstić information content (AvgIpc) is 2.52. The lowest BCUT2D eigenvalue weighted by atomic mass is 10.1. The molecule has 3 nitrogen and oxygen atoms in total. The van der Waals surface area contributed by atoms with E-state index in [1.807, 2.05) is 24.4 Å². The second-order valence-corrected chi connectivity index (χ2v) is 5.29. The Balaban J connectivity index is 1.91. The highest BCUT2D eigenvalue weighted by Gasteiger charge is 2.06. The van der Waals surface area contributed by atoms with E-state index in [1.54, 1.807) is 0 Å². The third kappa shape index (κ3) is 4.57. The summed E-state index contributed by atoms with van der Waals surface area (Å²) in [5.74, 6) is 0.938. The first-order valence-corrected chi connectivity index (χ1v) is 7.57. The molecule has 0 spiro atoms. The van der Waals surface area contributed by atoms with Crippen LogP contribution in [0.5, 0.6) is 5.75 Å². The molecule has 1 N–H and O–H groups in total. The topological polar surface area (TPSA) is 34.1 Å². The molecule has 0 amide bonds. The number of benzene rings is 1. The number of nitrogens with zero attached hydrogens (tertiary/aromatic N) is 1. The van der Waals surface area contributed by atoms with Crippen LogP contribution in [-0.2, 0) is 6.54 Å². The molecule has 0 saturated carbocycles. The Bertz CT molecular complexity index is 551. The molecule has 1 aromatic carbocycles. The van der Waals surface area contributed by atoms with Crippen molar-refractivity contribution in [2.45, 2.75) is 39.8 Å². The van der Waals surface area contributed by atoms with Crippen LogP contribution < -0.4 is 10.1 Å². The largest absolute Gasteiger partial charge is 0.494 e. The van der Waals surface area contributed by atoms with E-state index in [2.05, 4.69) is 49.3 Å². The highest BCUT2D eigenvalue weighted by atomic mass is 16.5. The molecule has 0 bridgehead atoms. The van der Waals surface area contributed by atoms with Crippen LogP contribution in [0.1, 0.15) is 43.1 Å². The van der Waals surface area contributed by atoms with Gasteiger partial charge in [-0.25, -0.2) is 0 Å². The molecule has 112 valence electrons. The zero-order chi connectivity index (χ0) is 15.1. The molecule has 1 unspecified atom stereocenters. The summed E-state index contributed by atoms with van der Waals surface area (Å²) in [6.45, 7) is 7.92. The summed E-state index contributed by atoms with van der Waals surface area (Å²) in [5.41, 5.74) is 3.58. The summed E-state index contributed by atoms with van der Waals surface area (Å²) in [4.78, 5) is 4.41. The third-order valence-corrected chi connectivity index (χ3v) is 3.55. The van der Waals surface area contributed by atoms with Gasteiger partial charge in [-0.1, -0.05) is 25.1 Å². The van der Waals surface area contributed by atoms with Crippen LogP contribution in [0.3, 0.4) is 0 Å². The molecule has 0 aliphatic rings. The number of hydrogen-bond donors (Lipinski definition) is 1. The fourth-order valence-corrected chi connectivity index (χ4v) is 2.14. The predicted octanol–water partition coefficient (Wildman–Crippen LogP) is 4.03. The third-order valence-electron chi connectivity index (χ3n) is 3.55. The van der Waals surface area contributed by atoms with E-state index in [-0.39, 0.29) is 6.04 Å². The minimum absolute atomic E-state index is 0.284. The van der Waals surface area contributed by atoms with Crippen LogP contribution in [-0.4, -0.2) is 11.6 Å². The second-order valence-electron chi connectivity index (χ2n) is 5.29. The van der Waals surface area contributed by atoms with E-state index in [4.69, 9.17) is 4.74 Å². The Morgan fingerprint density at radius 2 is 1.95 bits per heavy atom. The van der Waals surface area contributed by atoms with Crippen LogP contribution in [0, 0.1) is 6.92 Å². The van der Waals surface area contributed by atoms with Gasteiger partial charge in [0.15, 0.2) is 0 Å². The molecule has 0 fully saturated rings. The van der Waals surface area contributed by atoms with Crippen molar-refractivity contribution in [1.82, 2.24) is 10.3 Å². The van der Waals surface area contributed by atoms with Gasteiger partial charge in [-0.2, -0.15) is 0 Å². The van der Waals surface area contributed by atoms with Gasteiger partial charge in [0.1, 0.15) is 5.75 Å². The van der Waals surface area contributed by atoms with Crippen molar-refractivity contribution in [2.75, 3.05) is 6.61 Å². The van der Waals surface area contributed by atoms with E-state index in [0.717, 1.165) is 31.0 Å². The number of hydrogen-bond acceptors (Lipinski definition) is 3. The van der Waals surface area contributed by atoms with Crippen LogP contribution in [0.2, 0.25) is 0 Å². The van der Waals surface area contributed by atoms with Gasteiger partial charge in [0.25, 0.3) is 0 Å². The van der Waals surface area contributed by atoms with E-state index in [0.29, 0.717) is 0 Å². The highest BCUT2D eigenvalue weighted by Crippen LogP contribution is 2.18. The van der Waals surface area contributed by atoms with Crippen molar-refractivity contribution in [1.29, 1.82) is 0 Å². The van der Waals surface area contributed by atoms with E-state index >= 15 is 0 Å². The Labute approximate surface area is 127 Å². The Morgan fingerprint density at radius 3 is 2.62 bits per heavy atom. The van der Waals surface area contributed by atoms with Crippen molar-refractivity contribution in [3.63, 3.8) is 0 Å². The van der Waals surface area contributed by atoms with Crippen LogP contribution in [0.25, 0.3) is 0 Å². The molecule has 3 heteroatoms. The second kappa shape index (κ2) is 7.79. The molecule has 21 heavy (non-hydrogen) atoms. The van der Waals surface area contributed by atoms with Crippen LogP contribution >= 0.6 is 0 Å². The van der Waals surface area contributed by atoms with Crippen LogP contribution in [0.4, 0.5) is 0 Å². The lowest BCUT2D eigenvalue weighted by molar-refractivity contribution is 0.317. The molecular formula is C18H24N2O. The number of rotatable bonds is 7. The molecule has 1 atom stereocenters. The molecule has 0 radical (unpaired) electrons. The first kappa shape index (κ1) is 15.5. The number of aryl methyl sites for hydroxylation is 1. The first-order chi connectivity index (χ1) is 10.2. The number of nitrogens with one attached hydrogen (secondary N) is 1. The van der Waals surface area contributed by atoms with Crippen molar-refractivity contribution in [3.05, 3.63) is 59.4 Å². The maximum Gasteiger partial charge on any atom is 0.119 e. The lowest BCUT2D eigenvalue weighted by Crippen LogP contribution is -2.19. The number of ether oxygens (including phenoxy) is 1. The van der Waals surface area contributed by atoms with Gasteiger partial charge in [-0.15, -0.1) is 0 Å². The van der Waals surface area contributed by atoms with E-state index in [9.17, 15) is 0 Å². The minimum Gasteiger partial charge on any atom is -0.494 e. The normalized spacial score (nSPS) is 12.1. The average molecular weight is 284 g/mol. The van der Waals surface area contributed by atoms with Crippen LogP contribution in [0.15, 0.2) is 42.6 Å². The fourth-order valence-electron chi connectivity index (χ4n) is 2.14. The lowest BCUT2D eigenvalue weighted by Gasteiger charge is -2.15. The van der Waals surface area contributed by atoms with E-state index < -0.39 is 0 Å². The molecule has 1 heterocycles.